The number of aliphatic hydroxyl groups is 1. The summed E-state index contributed by atoms with van der Waals surface area (Å²) in [6.45, 7) is 4.21. The fourth-order valence-electron chi connectivity index (χ4n) is 2.47. The van der Waals surface area contributed by atoms with Gasteiger partial charge in [0.15, 0.2) is 11.5 Å². The van der Waals surface area contributed by atoms with Crippen molar-refractivity contribution in [3.05, 3.63) is 30.1 Å². The lowest BCUT2D eigenvalue weighted by Gasteiger charge is -2.18. The Morgan fingerprint density at radius 1 is 1.29 bits per heavy atom. The Labute approximate surface area is 125 Å². The molecule has 1 aromatic heterocycles. The zero-order valence-corrected chi connectivity index (χ0v) is 13.0. The maximum atomic E-state index is 9.15. The van der Waals surface area contributed by atoms with Crippen LogP contribution in [0.1, 0.15) is 24.9 Å². The van der Waals surface area contributed by atoms with Crippen LogP contribution in [0, 0.1) is 6.92 Å². The predicted octanol–water partition coefficient (Wildman–Crippen LogP) is 2.82. The van der Waals surface area contributed by atoms with E-state index in [-0.39, 0.29) is 12.6 Å². The molecule has 5 heteroatoms. The average Bonchev–Trinajstić information content (AvgIpc) is 2.95. The number of hydrogen-bond donors (Lipinski definition) is 1. The van der Waals surface area contributed by atoms with Crippen molar-refractivity contribution in [1.29, 1.82) is 0 Å². The normalized spacial score (nSPS) is 12.2. The van der Waals surface area contributed by atoms with Gasteiger partial charge >= 0.3 is 0 Å². The molecule has 0 fully saturated rings. The monoisotopic (exact) mass is 290 g/mol. The summed E-state index contributed by atoms with van der Waals surface area (Å²) < 4.78 is 13.0. The minimum absolute atomic E-state index is 0.146. The van der Waals surface area contributed by atoms with E-state index < -0.39 is 0 Å². The van der Waals surface area contributed by atoms with Crippen LogP contribution in [0.5, 0.6) is 11.5 Å². The first-order valence-electron chi connectivity index (χ1n) is 6.99. The van der Waals surface area contributed by atoms with Crippen molar-refractivity contribution >= 4 is 0 Å². The van der Waals surface area contributed by atoms with Crippen LogP contribution >= 0.6 is 0 Å². The van der Waals surface area contributed by atoms with Crippen LogP contribution in [0.4, 0.5) is 0 Å². The highest BCUT2D eigenvalue weighted by Crippen LogP contribution is 2.39. The fourth-order valence-corrected chi connectivity index (χ4v) is 2.47. The lowest BCUT2D eigenvalue weighted by molar-refractivity contribution is 0.263. The van der Waals surface area contributed by atoms with Crippen molar-refractivity contribution in [3.63, 3.8) is 0 Å². The van der Waals surface area contributed by atoms with Crippen molar-refractivity contribution in [1.82, 2.24) is 9.55 Å². The van der Waals surface area contributed by atoms with Gasteiger partial charge in [0, 0.05) is 25.0 Å². The minimum atomic E-state index is 0.146. The number of aromatic nitrogens is 2. The molecule has 0 aliphatic heterocycles. The number of rotatable bonds is 6. The summed E-state index contributed by atoms with van der Waals surface area (Å²) in [5.74, 6) is 2.18. The van der Waals surface area contributed by atoms with Gasteiger partial charge in [0.2, 0.25) is 0 Å². The summed E-state index contributed by atoms with van der Waals surface area (Å²) in [7, 11) is 3.25. The Bertz CT molecular complexity index is 608. The molecule has 1 unspecified atom stereocenters. The Balaban J connectivity index is 2.57. The smallest absolute Gasteiger partial charge is 0.171 e. The Morgan fingerprint density at radius 2 is 2.05 bits per heavy atom. The number of ether oxygens (including phenoxy) is 2. The molecule has 0 spiro atoms. The first-order chi connectivity index (χ1) is 10.1. The van der Waals surface area contributed by atoms with Crippen LogP contribution in [-0.2, 0) is 0 Å². The summed E-state index contributed by atoms with van der Waals surface area (Å²) >= 11 is 0. The van der Waals surface area contributed by atoms with Gasteiger partial charge in [0.25, 0.3) is 0 Å². The third-order valence-corrected chi connectivity index (χ3v) is 3.55. The molecule has 2 rings (SSSR count). The average molecular weight is 290 g/mol. The molecule has 0 saturated heterocycles. The van der Waals surface area contributed by atoms with E-state index in [0.29, 0.717) is 17.9 Å². The van der Waals surface area contributed by atoms with Crippen LogP contribution in [-0.4, -0.2) is 35.5 Å². The molecule has 21 heavy (non-hydrogen) atoms. The van der Waals surface area contributed by atoms with E-state index in [1.54, 1.807) is 20.4 Å². The van der Waals surface area contributed by atoms with Crippen LogP contribution < -0.4 is 9.47 Å². The number of aryl methyl sites for hydroxylation is 1. The van der Waals surface area contributed by atoms with Crippen LogP contribution in [0.25, 0.3) is 11.4 Å². The standard InChI is InChI=1S/C16H22N2O3/c1-11-9-13(15(21-4)14(10-11)20-3)16-17-6-7-18(16)12(2)5-8-19/h6-7,9-10,12,19H,5,8H2,1-4H3. The molecular weight excluding hydrogens is 268 g/mol. The highest BCUT2D eigenvalue weighted by Gasteiger charge is 2.18. The van der Waals surface area contributed by atoms with Gasteiger partial charge in [-0.3, -0.25) is 0 Å². The van der Waals surface area contributed by atoms with Crippen LogP contribution in [0.15, 0.2) is 24.5 Å². The first kappa shape index (κ1) is 15.4. The zero-order valence-electron chi connectivity index (χ0n) is 13.0. The molecule has 0 radical (unpaired) electrons. The Hall–Kier alpha value is -2.01. The Kier molecular flexibility index (Phi) is 4.85. The molecule has 1 aromatic carbocycles. The van der Waals surface area contributed by atoms with Crippen molar-refractivity contribution in [2.45, 2.75) is 26.3 Å². The fraction of sp³-hybridized carbons (Fsp3) is 0.438. The van der Waals surface area contributed by atoms with Gasteiger partial charge in [-0.15, -0.1) is 0 Å². The quantitative estimate of drug-likeness (QED) is 0.889. The molecular formula is C16H22N2O3. The number of nitrogens with zero attached hydrogens (tertiary/aromatic N) is 2. The largest absolute Gasteiger partial charge is 0.493 e. The number of aliphatic hydroxyl groups excluding tert-OH is 1. The second-order valence-electron chi connectivity index (χ2n) is 5.07. The topological polar surface area (TPSA) is 56.5 Å². The number of imidazole rings is 1. The molecule has 2 aromatic rings. The van der Waals surface area contributed by atoms with Crippen molar-refractivity contribution in [2.75, 3.05) is 20.8 Å². The van der Waals surface area contributed by atoms with E-state index in [4.69, 9.17) is 14.6 Å². The maximum Gasteiger partial charge on any atom is 0.171 e. The molecule has 5 nitrogen and oxygen atoms in total. The van der Waals surface area contributed by atoms with Gasteiger partial charge in [-0.05, 0) is 38.0 Å². The number of benzene rings is 1. The molecule has 0 amide bonds. The molecule has 0 saturated carbocycles. The molecule has 1 atom stereocenters. The number of methoxy groups -OCH3 is 2. The van der Waals surface area contributed by atoms with Gasteiger partial charge in [0.1, 0.15) is 5.82 Å². The summed E-state index contributed by atoms with van der Waals surface area (Å²) in [5.41, 5.74) is 1.97. The van der Waals surface area contributed by atoms with Gasteiger partial charge < -0.3 is 19.1 Å². The van der Waals surface area contributed by atoms with E-state index in [2.05, 4.69) is 11.9 Å². The predicted molar refractivity (Wildman–Crippen MR) is 81.9 cm³/mol. The van der Waals surface area contributed by atoms with E-state index in [0.717, 1.165) is 17.0 Å². The molecule has 1 N–H and O–H groups in total. The molecule has 114 valence electrons. The van der Waals surface area contributed by atoms with E-state index in [1.807, 2.05) is 29.8 Å². The third-order valence-electron chi connectivity index (χ3n) is 3.55. The van der Waals surface area contributed by atoms with Crippen molar-refractivity contribution in [2.24, 2.45) is 0 Å². The van der Waals surface area contributed by atoms with Crippen LogP contribution in [0.2, 0.25) is 0 Å². The lowest BCUT2D eigenvalue weighted by atomic mass is 10.1. The lowest BCUT2D eigenvalue weighted by Crippen LogP contribution is -2.08. The molecule has 1 heterocycles. The highest BCUT2D eigenvalue weighted by molar-refractivity contribution is 5.70. The van der Waals surface area contributed by atoms with Gasteiger partial charge in [-0.2, -0.15) is 0 Å². The van der Waals surface area contributed by atoms with Crippen molar-refractivity contribution in [3.8, 4) is 22.9 Å². The first-order valence-corrected chi connectivity index (χ1v) is 6.99. The molecule has 0 bridgehead atoms. The molecule has 0 aliphatic rings. The summed E-state index contributed by atoms with van der Waals surface area (Å²) in [5, 5.41) is 9.15. The summed E-state index contributed by atoms with van der Waals surface area (Å²) in [6, 6.07) is 4.13. The minimum Gasteiger partial charge on any atom is -0.493 e. The number of hydrogen-bond acceptors (Lipinski definition) is 4. The second kappa shape index (κ2) is 6.63. The van der Waals surface area contributed by atoms with Gasteiger partial charge in [-0.25, -0.2) is 4.98 Å². The van der Waals surface area contributed by atoms with Crippen molar-refractivity contribution < 1.29 is 14.6 Å². The van der Waals surface area contributed by atoms with Gasteiger partial charge in [-0.1, -0.05) is 0 Å². The summed E-state index contributed by atoms with van der Waals surface area (Å²) in [4.78, 5) is 4.46. The summed E-state index contributed by atoms with van der Waals surface area (Å²) in [6.07, 6.45) is 4.36. The van der Waals surface area contributed by atoms with Gasteiger partial charge in [0.05, 0.1) is 19.8 Å². The van der Waals surface area contributed by atoms with E-state index >= 15 is 0 Å². The maximum absolute atomic E-state index is 9.15. The van der Waals surface area contributed by atoms with E-state index in [1.165, 1.54) is 0 Å². The van der Waals surface area contributed by atoms with Crippen LogP contribution in [0.3, 0.4) is 0 Å². The zero-order chi connectivity index (χ0) is 15.4. The SMILES string of the molecule is COc1cc(C)cc(-c2nccn2C(C)CCO)c1OC. The van der Waals surface area contributed by atoms with E-state index in [9.17, 15) is 0 Å². The highest BCUT2D eigenvalue weighted by atomic mass is 16.5. The Morgan fingerprint density at radius 3 is 2.67 bits per heavy atom. The molecule has 0 aliphatic carbocycles. The third kappa shape index (κ3) is 3.03. The second-order valence-corrected chi connectivity index (χ2v) is 5.07.